The number of nitrogens with zero attached hydrogens (tertiary/aromatic N) is 3. The summed E-state index contributed by atoms with van der Waals surface area (Å²) in [5, 5.41) is 3.36. The maximum atomic E-state index is 12.4. The molecule has 1 atom stereocenters. The fourth-order valence-electron chi connectivity index (χ4n) is 3.07. The lowest BCUT2D eigenvalue weighted by atomic mass is 10.2. The van der Waals surface area contributed by atoms with Gasteiger partial charge in [-0.2, -0.15) is 0 Å². The molecule has 0 unspecified atom stereocenters. The van der Waals surface area contributed by atoms with Crippen LogP contribution >= 0.6 is 0 Å². The number of nitrogens with one attached hydrogen (secondary N) is 1. The molecule has 2 aromatic heterocycles. The van der Waals surface area contributed by atoms with E-state index in [0.717, 1.165) is 43.5 Å². The zero-order chi connectivity index (χ0) is 17.6. The monoisotopic (exact) mass is 342 g/mol. The molecule has 1 amide bonds. The molecule has 0 aliphatic carbocycles. The number of hydrogen-bond acceptors (Lipinski definition) is 5. The van der Waals surface area contributed by atoms with Gasteiger partial charge in [0.1, 0.15) is 17.3 Å². The van der Waals surface area contributed by atoms with Crippen molar-refractivity contribution in [2.45, 2.75) is 26.3 Å². The van der Waals surface area contributed by atoms with Gasteiger partial charge in [-0.05, 0) is 38.1 Å². The highest BCUT2D eigenvalue weighted by Gasteiger charge is 2.21. The minimum absolute atomic E-state index is 0.113. The van der Waals surface area contributed by atoms with E-state index in [1.54, 1.807) is 6.20 Å². The van der Waals surface area contributed by atoms with E-state index < -0.39 is 0 Å². The number of aryl methyl sites for hydroxylation is 1. The molecule has 1 aliphatic heterocycles. The Morgan fingerprint density at radius 3 is 2.68 bits per heavy atom. The molecule has 3 heterocycles. The number of carbonyl (C=O) groups is 1. The fraction of sp³-hybridized carbons (Fsp3) is 0.474. The second-order valence-electron chi connectivity index (χ2n) is 6.43. The summed E-state index contributed by atoms with van der Waals surface area (Å²) >= 11 is 0. The summed E-state index contributed by atoms with van der Waals surface area (Å²) in [6.45, 7) is 7.81. The van der Waals surface area contributed by atoms with Gasteiger partial charge in [0.05, 0.1) is 6.04 Å². The quantitative estimate of drug-likeness (QED) is 0.873. The van der Waals surface area contributed by atoms with E-state index in [4.69, 9.17) is 4.42 Å². The first-order chi connectivity index (χ1) is 12.1. The standard InChI is InChI=1S/C19H26N4O2/c1-15-6-7-17(25-15)16(2)20-10-8-19(24)23-13-11-22(12-14-23)18-5-3-4-9-21-18/h3-7,9,16,20H,8,10-14H2,1-2H3/t16-/m0/s1. The lowest BCUT2D eigenvalue weighted by Gasteiger charge is -2.35. The molecule has 1 saturated heterocycles. The molecule has 0 radical (unpaired) electrons. The van der Waals surface area contributed by atoms with E-state index in [9.17, 15) is 4.79 Å². The predicted molar refractivity (Wildman–Crippen MR) is 97.5 cm³/mol. The van der Waals surface area contributed by atoms with Crippen LogP contribution in [-0.4, -0.2) is 48.5 Å². The van der Waals surface area contributed by atoms with Gasteiger partial charge >= 0.3 is 0 Å². The highest BCUT2D eigenvalue weighted by Crippen LogP contribution is 2.16. The van der Waals surface area contributed by atoms with Crippen LogP contribution in [0, 0.1) is 6.92 Å². The van der Waals surface area contributed by atoms with Gasteiger partial charge in [-0.1, -0.05) is 6.07 Å². The Balaban J connectivity index is 1.39. The van der Waals surface area contributed by atoms with Gasteiger partial charge in [0.25, 0.3) is 0 Å². The molecular weight excluding hydrogens is 316 g/mol. The molecule has 1 aliphatic rings. The molecule has 6 heteroatoms. The van der Waals surface area contributed by atoms with Crippen LogP contribution in [0.15, 0.2) is 40.9 Å². The number of piperazine rings is 1. The molecule has 3 rings (SSSR count). The summed E-state index contributed by atoms with van der Waals surface area (Å²) in [5.74, 6) is 3.01. The molecular formula is C19H26N4O2. The summed E-state index contributed by atoms with van der Waals surface area (Å²) in [6.07, 6.45) is 2.31. The Morgan fingerprint density at radius 2 is 2.04 bits per heavy atom. The Hall–Kier alpha value is -2.34. The number of pyridine rings is 1. The van der Waals surface area contributed by atoms with Gasteiger partial charge in [0.2, 0.25) is 5.91 Å². The van der Waals surface area contributed by atoms with Crippen LogP contribution in [0.5, 0.6) is 0 Å². The zero-order valence-electron chi connectivity index (χ0n) is 14.9. The van der Waals surface area contributed by atoms with Crippen LogP contribution in [0.2, 0.25) is 0 Å². The van der Waals surface area contributed by atoms with Gasteiger partial charge in [-0.15, -0.1) is 0 Å². The third-order valence-corrected chi connectivity index (χ3v) is 4.58. The molecule has 0 spiro atoms. The number of anilines is 1. The van der Waals surface area contributed by atoms with E-state index in [0.29, 0.717) is 13.0 Å². The molecule has 1 N–H and O–H groups in total. The van der Waals surface area contributed by atoms with Gasteiger partial charge < -0.3 is 19.5 Å². The summed E-state index contributed by atoms with van der Waals surface area (Å²) in [5.41, 5.74) is 0. The van der Waals surface area contributed by atoms with Gasteiger partial charge in [0.15, 0.2) is 0 Å². The Labute approximate surface area is 148 Å². The lowest BCUT2D eigenvalue weighted by Crippen LogP contribution is -2.49. The molecule has 0 bridgehead atoms. The fourth-order valence-corrected chi connectivity index (χ4v) is 3.07. The largest absolute Gasteiger partial charge is 0.465 e. The summed E-state index contributed by atoms with van der Waals surface area (Å²) in [7, 11) is 0. The molecule has 0 saturated carbocycles. The van der Waals surface area contributed by atoms with Gasteiger partial charge in [0, 0.05) is 45.3 Å². The van der Waals surface area contributed by atoms with E-state index in [2.05, 4.69) is 15.2 Å². The van der Waals surface area contributed by atoms with Crippen molar-refractivity contribution in [1.29, 1.82) is 0 Å². The predicted octanol–water partition coefficient (Wildman–Crippen LogP) is 2.37. The zero-order valence-corrected chi connectivity index (χ0v) is 14.9. The molecule has 25 heavy (non-hydrogen) atoms. The van der Waals surface area contributed by atoms with Crippen molar-refractivity contribution in [2.75, 3.05) is 37.6 Å². The van der Waals surface area contributed by atoms with E-state index in [1.807, 2.05) is 49.1 Å². The lowest BCUT2D eigenvalue weighted by molar-refractivity contribution is -0.131. The van der Waals surface area contributed by atoms with Crippen LogP contribution in [0.25, 0.3) is 0 Å². The van der Waals surface area contributed by atoms with Crippen LogP contribution in [-0.2, 0) is 4.79 Å². The SMILES string of the molecule is Cc1ccc([C@H](C)NCCC(=O)N2CCN(c3ccccn3)CC2)o1. The van der Waals surface area contributed by atoms with Gasteiger partial charge in [-0.25, -0.2) is 4.98 Å². The van der Waals surface area contributed by atoms with Gasteiger partial charge in [-0.3, -0.25) is 4.79 Å². The van der Waals surface area contributed by atoms with Crippen LogP contribution in [0.3, 0.4) is 0 Å². The van der Waals surface area contributed by atoms with Crippen molar-refractivity contribution in [3.05, 3.63) is 48.0 Å². The number of rotatable bonds is 6. The third-order valence-electron chi connectivity index (χ3n) is 4.58. The number of carbonyl (C=O) groups excluding carboxylic acids is 1. The van der Waals surface area contributed by atoms with Crippen LogP contribution < -0.4 is 10.2 Å². The number of furan rings is 1. The highest BCUT2D eigenvalue weighted by atomic mass is 16.3. The smallest absolute Gasteiger partial charge is 0.223 e. The topological polar surface area (TPSA) is 61.6 Å². The van der Waals surface area contributed by atoms with E-state index in [-0.39, 0.29) is 11.9 Å². The summed E-state index contributed by atoms with van der Waals surface area (Å²) in [4.78, 5) is 20.9. The molecule has 2 aromatic rings. The average Bonchev–Trinajstić information content (AvgIpc) is 3.09. The van der Waals surface area contributed by atoms with Crippen molar-refractivity contribution in [1.82, 2.24) is 15.2 Å². The van der Waals surface area contributed by atoms with Crippen molar-refractivity contribution in [3.8, 4) is 0 Å². The van der Waals surface area contributed by atoms with Crippen molar-refractivity contribution >= 4 is 11.7 Å². The molecule has 6 nitrogen and oxygen atoms in total. The number of amides is 1. The summed E-state index contributed by atoms with van der Waals surface area (Å²) < 4.78 is 5.60. The molecule has 134 valence electrons. The Morgan fingerprint density at radius 1 is 1.24 bits per heavy atom. The molecule has 1 fully saturated rings. The van der Waals surface area contributed by atoms with Crippen molar-refractivity contribution in [3.63, 3.8) is 0 Å². The minimum atomic E-state index is 0.113. The first-order valence-electron chi connectivity index (χ1n) is 8.87. The Bertz CT molecular complexity index is 678. The average molecular weight is 342 g/mol. The highest BCUT2D eigenvalue weighted by molar-refractivity contribution is 5.76. The second kappa shape index (κ2) is 8.16. The summed E-state index contributed by atoms with van der Waals surface area (Å²) in [6, 6.07) is 9.97. The minimum Gasteiger partial charge on any atom is -0.465 e. The van der Waals surface area contributed by atoms with Crippen molar-refractivity contribution < 1.29 is 9.21 Å². The molecule has 0 aromatic carbocycles. The first-order valence-corrected chi connectivity index (χ1v) is 8.87. The first kappa shape index (κ1) is 17.5. The maximum absolute atomic E-state index is 12.4. The number of hydrogen-bond donors (Lipinski definition) is 1. The van der Waals surface area contributed by atoms with E-state index >= 15 is 0 Å². The normalized spacial score (nSPS) is 16.1. The van der Waals surface area contributed by atoms with Crippen molar-refractivity contribution in [2.24, 2.45) is 0 Å². The van der Waals surface area contributed by atoms with Crippen LogP contribution in [0.1, 0.15) is 30.9 Å². The maximum Gasteiger partial charge on any atom is 0.223 e. The Kier molecular flexibility index (Phi) is 5.71. The number of aromatic nitrogens is 1. The van der Waals surface area contributed by atoms with E-state index in [1.165, 1.54) is 0 Å². The third kappa shape index (κ3) is 4.60. The van der Waals surface area contributed by atoms with Crippen LogP contribution in [0.4, 0.5) is 5.82 Å². The second-order valence-corrected chi connectivity index (χ2v) is 6.43.